The van der Waals surface area contributed by atoms with Crippen molar-refractivity contribution in [1.82, 2.24) is 10.1 Å². The molecule has 1 amide bonds. The van der Waals surface area contributed by atoms with E-state index in [1.807, 2.05) is 38.1 Å². The van der Waals surface area contributed by atoms with Crippen LogP contribution in [0.15, 0.2) is 40.9 Å². The van der Waals surface area contributed by atoms with Gasteiger partial charge in [-0.3, -0.25) is 4.79 Å². The van der Waals surface area contributed by atoms with E-state index in [4.69, 9.17) is 14.0 Å². The summed E-state index contributed by atoms with van der Waals surface area (Å²) in [6.45, 7) is 4.57. The van der Waals surface area contributed by atoms with E-state index < -0.39 is 0 Å². The predicted octanol–water partition coefficient (Wildman–Crippen LogP) is 3.89. The van der Waals surface area contributed by atoms with Gasteiger partial charge in [0, 0.05) is 18.7 Å². The molecule has 0 saturated carbocycles. The van der Waals surface area contributed by atoms with Gasteiger partial charge in [0.15, 0.2) is 11.5 Å². The monoisotopic (exact) mass is 393 g/mol. The Hall–Kier alpha value is -3.35. The minimum Gasteiger partial charge on any atom is -0.493 e. The molecule has 7 heteroatoms. The molecule has 1 saturated heterocycles. The molecule has 0 aliphatic carbocycles. The molecule has 3 aromatic rings. The van der Waals surface area contributed by atoms with Crippen LogP contribution in [0.5, 0.6) is 11.5 Å². The van der Waals surface area contributed by atoms with Gasteiger partial charge >= 0.3 is 0 Å². The number of rotatable bonds is 5. The molecule has 0 N–H and O–H groups in total. The lowest BCUT2D eigenvalue weighted by molar-refractivity contribution is -0.117. The summed E-state index contributed by atoms with van der Waals surface area (Å²) in [6, 6.07) is 11.6. The van der Waals surface area contributed by atoms with Crippen molar-refractivity contribution in [3.63, 3.8) is 0 Å². The van der Waals surface area contributed by atoms with Crippen LogP contribution in [-0.4, -0.2) is 36.8 Å². The van der Waals surface area contributed by atoms with E-state index in [-0.39, 0.29) is 11.8 Å². The lowest BCUT2D eigenvalue weighted by Crippen LogP contribution is -2.24. The fraction of sp³-hybridized carbons (Fsp3) is 0.318. The van der Waals surface area contributed by atoms with Crippen molar-refractivity contribution in [3.05, 3.63) is 53.4 Å². The van der Waals surface area contributed by atoms with E-state index in [1.165, 1.54) is 0 Å². The highest BCUT2D eigenvalue weighted by Crippen LogP contribution is 2.38. The molecule has 7 nitrogen and oxygen atoms in total. The summed E-state index contributed by atoms with van der Waals surface area (Å²) >= 11 is 0. The third kappa shape index (κ3) is 3.55. The molecule has 1 aromatic heterocycles. The quantitative estimate of drug-likeness (QED) is 0.654. The van der Waals surface area contributed by atoms with E-state index in [1.54, 1.807) is 25.2 Å². The van der Waals surface area contributed by atoms with Gasteiger partial charge in [-0.2, -0.15) is 4.98 Å². The number of hydrogen-bond acceptors (Lipinski definition) is 6. The van der Waals surface area contributed by atoms with Crippen LogP contribution in [0, 0.1) is 13.8 Å². The Bertz CT molecular complexity index is 1040. The number of carbonyl (C=O) groups excluding carboxylic acids is 1. The average Bonchev–Trinajstić information content (AvgIpc) is 3.33. The van der Waals surface area contributed by atoms with E-state index in [0.29, 0.717) is 41.7 Å². The third-order valence-corrected chi connectivity index (χ3v) is 5.08. The van der Waals surface area contributed by atoms with Crippen LogP contribution in [-0.2, 0) is 4.79 Å². The maximum Gasteiger partial charge on any atom is 0.232 e. The number of aromatic nitrogens is 2. The molecule has 4 rings (SSSR count). The predicted molar refractivity (Wildman–Crippen MR) is 108 cm³/mol. The average molecular weight is 393 g/mol. The van der Waals surface area contributed by atoms with E-state index in [9.17, 15) is 4.79 Å². The van der Waals surface area contributed by atoms with E-state index in [0.717, 1.165) is 16.8 Å². The smallest absolute Gasteiger partial charge is 0.232 e. The van der Waals surface area contributed by atoms with Gasteiger partial charge in [0.1, 0.15) is 0 Å². The van der Waals surface area contributed by atoms with Crippen LogP contribution in [0.1, 0.15) is 29.4 Å². The Kier molecular flexibility index (Phi) is 4.96. The maximum atomic E-state index is 12.6. The fourth-order valence-corrected chi connectivity index (χ4v) is 3.80. The standard InChI is InChI=1S/C22H23N3O4/c1-13-8-14(2)10-16(9-13)25-12-15(11-19(25)26)22-23-21(24-29-22)17-6-5-7-18(27-3)20(17)28-4/h5-10,15H,11-12H2,1-4H3/t15-/m0/s1. The van der Waals surface area contributed by atoms with Crippen LogP contribution in [0.2, 0.25) is 0 Å². The molecule has 0 unspecified atom stereocenters. The molecule has 1 atom stereocenters. The number of ether oxygens (including phenoxy) is 2. The molecule has 150 valence electrons. The minimum absolute atomic E-state index is 0.0544. The second kappa shape index (κ2) is 7.58. The van der Waals surface area contributed by atoms with Gasteiger partial charge in [0.05, 0.1) is 25.7 Å². The number of amides is 1. The van der Waals surface area contributed by atoms with Crippen LogP contribution < -0.4 is 14.4 Å². The lowest BCUT2D eigenvalue weighted by Gasteiger charge is -2.17. The van der Waals surface area contributed by atoms with Gasteiger partial charge in [-0.15, -0.1) is 0 Å². The summed E-state index contributed by atoms with van der Waals surface area (Å²) in [7, 11) is 3.15. The minimum atomic E-state index is -0.152. The number of methoxy groups -OCH3 is 2. The lowest BCUT2D eigenvalue weighted by atomic mass is 10.1. The highest BCUT2D eigenvalue weighted by atomic mass is 16.5. The second-order valence-electron chi connectivity index (χ2n) is 7.25. The second-order valence-corrected chi connectivity index (χ2v) is 7.25. The van der Waals surface area contributed by atoms with Gasteiger partial charge in [-0.05, 0) is 49.2 Å². The molecule has 1 fully saturated rings. The van der Waals surface area contributed by atoms with E-state index in [2.05, 4.69) is 16.2 Å². The highest BCUT2D eigenvalue weighted by Gasteiger charge is 2.35. The number of para-hydroxylation sites is 1. The summed E-state index contributed by atoms with van der Waals surface area (Å²) in [5.41, 5.74) is 3.84. The maximum absolute atomic E-state index is 12.6. The Balaban J connectivity index is 1.60. The van der Waals surface area contributed by atoms with Gasteiger partial charge in [-0.25, -0.2) is 0 Å². The summed E-state index contributed by atoms with van der Waals surface area (Å²) < 4.78 is 16.3. The zero-order valence-corrected chi connectivity index (χ0v) is 16.9. The Morgan fingerprint density at radius 2 is 1.86 bits per heavy atom. The molecule has 1 aliphatic heterocycles. The first kappa shape index (κ1) is 19.0. The largest absolute Gasteiger partial charge is 0.493 e. The number of anilines is 1. The summed E-state index contributed by atoms with van der Waals surface area (Å²) in [4.78, 5) is 19.0. The van der Waals surface area contributed by atoms with Crippen LogP contribution in [0.3, 0.4) is 0 Å². The molecule has 0 radical (unpaired) electrons. The molecular weight excluding hydrogens is 370 g/mol. The number of carbonyl (C=O) groups is 1. The van der Waals surface area contributed by atoms with E-state index >= 15 is 0 Å². The van der Waals surface area contributed by atoms with Crippen molar-refractivity contribution >= 4 is 11.6 Å². The topological polar surface area (TPSA) is 77.7 Å². The van der Waals surface area contributed by atoms with Crippen LogP contribution >= 0.6 is 0 Å². The first-order chi connectivity index (χ1) is 14.0. The van der Waals surface area contributed by atoms with Gasteiger partial charge in [0.2, 0.25) is 17.6 Å². The number of nitrogens with zero attached hydrogens (tertiary/aromatic N) is 3. The number of aryl methyl sites for hydroxylation is 2. The van der Waals surface area contributed by atoms with Crippen LogP contribution in [0.25, 0.3) is 11.4 Å². The molecule has 2 aromatic carbocycles. The van der Waals surface area contributed by atoms with Crippen molar-refractivity contribution in [2.45, 2.75) is 26.2 Å². The molecule has 0 spiro atoms. The molecule has 29 heavy (non-hydrogen) atoms. The van der Waals surface area contributed by atoms with Crippen LogP contribution in [0.4, 0.5) is 5.69 Å². The molecule has 0 bridgehead atoms. The van der Waals surface area contributed by atoms with Crippen molar-refractivity contribution in [2.24, 2.45) is 0 Å². The van der Waals surface area contributed by atoms with Crippen molar-refractivity contribution in [2.75, 3.05) is 25.7 Å². The molecular formula is C22H23N3O4. The summed E-state index contributed by atoms with van der Waals surface area (Å²) in [5.74, 6) is 1.90. The molecule has 1 aliphatic rings. The summed E-state index contributed by atoms with van der Waals surface area (Å²) in [6.07, 6.45) is 0.337. The first-order valence-electron chi connectivity index (χ1n) is 9.43. The SMILES string of the molecule is COc1cccc(-c2noc([C@H]3CC(=O)N(c4cc(C)cc(C)c4)C3)n2)c1OC. The Morgan fingerprint density at radius 3 is 2.55 bits per heavy atom. The van der Waals surface area contributed by atoms with Gasteiger partial charge < -0.3 is 18.9 Å². The summed E-state index contributed by atoms with van der Waals surface area (Å²) in [5, 5.41) is 4.11. The first-order valence-corrected chi connectivity index (χ1v) is 9.43. The zero-order chi connectivity index (χ0) is 20.5. The number of hydrogen-bond donors (Lipinski definition) is 0. The van der Waals surface area contributed by atoms with Gasteiger partial charge in [-0.1, -0.05) is 17.3 Å². The molecule has 2 heterocycles. The zero-order valence-electron chi connectivity index (χ0n) is 16.9. The Labute approximate surface area is 169 Å². The Morgan fingerprint density at radius 1 is 1.10 bits per heavy atom. The van der Waals surface area contributed by atoms with Gasteiger partial charge in [0.25, 0.3) is 0 Å². The number of benzene rings is 2. The van der Waals surface area contributed by atoms with Crippen molar-refractivity contribution in [1.29, 1.82) is 0 Å². The van der Waals surface area contributed by atoms with Crippen molar-refractivity contribution in [3.8, 4) is 22.9 Å². The highest BCUT2D eigenvalue weighted by molar-refractivity contribution is 5.96. The van der Waals surface area contributed by atoms with Crippen molar-refractivity contribution < 1.29 is 18.8 Å². The fourth-order valence-electron chi connectivity index (χ4n) is 3.80. The third-order valence-electron chi connectivity index (χ3n) is 5.08. The normalized spacial score (nSPS) is 16.3.